The first-order chi connectivity index (χ1) is 6.35. The van der Waals surface area contributed by atoms with Crippen molar-refractivity contribution >= 4 is 0 Å². The van der Waals surface area contributed by atoms with E-state index in [1.54, 1.807) is 7.11 Å². The van der Waals surface area contributed by atoms with E-state index in [1.807, 2.05) is 0 Å². The van der Waals surface area contributed by atoms with Gasteiger partial charge in [0, 0.05) is 7.11 Å². The van der Waals surface area contributed by atoms with Crippen LogP contribution in [0.3, 0.4) is 0 Å². The zero-order valence-corrected chi connectivity index (χ0v) is 9.34. The van der Waals surface area contributed by atoms with Gasteiger partial charge in [0.1, 0.15) is 6.79 Å². The summed E-state index contributed by atoms with van der Waals surface area (Å²) in [6.45, 7) is 4.87. The minimum absolute atomic E-state index is 0.417. The second kappa shape index (κ2) is 10.0. The van der Waals surface area contributed by atoms with Gasteiger partial charge < -0.3 is 9.47 Å². The summed E-state index contributed by atoms with van der Waals surface area (Å²) >= 11 is 0. The van der Waals surface area contributed by atoms with Gasteiger partial charge in [0.2, 0.25) is 0 Å². The molecule has 0 atom stereocenters. The average Bonchev–Trinajstić information content (AvgIpc) is 2.17. The van der Waals surface area contributed by atoms with Crippen LogP contribution in [0, 0.1) is 0 Å². The number of unbranched alkanes of at least 4 members (excludes halogenated alkanes) is 2. The maximum atomic E-state index is 5.57. The van der Waals surface area contributed by atoms with Crippen LogP contribution in [0.2, 0.25) is 0 Å². The molecule has 0 rings (SSSR count). The van der Waals surface area contributed by atoms with Crippen LogP contribution in [0.25, 0.3) is 0 Å². The number of hydrogen-bond acceptors (Lipinski definition) is 2. The number of methoxy groups -OCH3 is 1. The third-order valence-electron chi connectivity index (χ3n) is 2.18. The molecule has 0 spiro atoms. The van der Waals surface area contributed by atoms with E-state index in [0.29, 0.717) is 12.9 Å². The number of ether oxygens (including phenoxy) is 2. The summed E-state index contributed by atoms with van der Waals surface area (Å²) in [6, 6.07) is 0. The third kappa shape index (κ3) is 8.26. The van der Waals surface area contributed by atoms with Gasteiger partial charge in [-0.25, -0.2) is 0 Å². The Bertz CT molecular complexity index is 75.1. The minimum atomic E-state index is 0.417. The van der Waals surface area contributed by atoms with E-state index in [9.17, 15) is 0 Å². The highest BCUT2D eigenvalue weighted by atomic mass is 16.7. The monoisotopic (exact) mass is 188 g/mol. The van der Waals surface area contributed by atoms with E-state index in [0.717, 1.165) is 0 Å². The molecule has 80 valence electrons. The highest BCUT2D eigenvalue weighted by Crippen LogP contribution is 2.12. The molecule has 0 aromatic carbocycles. The molecular formula is C11H24O2. The Morgan fingerprint density at radius 1 is 1.00 bits per heavy atom. The molecule has 0 heterocycles. The summed E-state index contributed by atoms with van der Waals surface area (Å²) in [6.07, 6.45) is 7.80. The lowest BCUT2D eigenvalue weighted by molar-refractivity contribution is -0.0774. The molecule has 0 radical (unpaired) electrons. The molecule has 0 fully saturated rings. The zero-order valence-electron chi connectivity index (χ0n) is 9.34. The fourth-order valence-electron chi connectivity index (χ4n) is 1.34. The van der Waals surface area contributed by atoms with Crippen LogP contribution < -0.4 is 0 Å². The van der Waals surface area contributed by atoms with Crippen LogP contribution in [-0.2, 0) is 9.47 Å². The van der Waals surface area contributed by atoms with Crippen LogP contribution in [0.1, 0.15) is 52.4 Å². The normalized spacial score (nSPS) is 11.1. The molecule has 2 nitrogen and oxygen atoms in total. The van der Waals surface area contributed by atoms with Gasteiger partial charge in [0.25, 0.3) is 0 Å². The molecule has 0 amide bonds. The van der Waals surface area contributed by atoms with Gasteiger partial charge in [-0.05, 0) is 12.8 Å². The van der Waals surface area contributed by atoms with Crippen molar-refractivity contribution in [2.75, 3.05) is 13.9 Å². The molecule has 0 saturated carbocycles. The lowest BCUT2D eigenvalue weighted by atomic mass is 10.1. The molecular weight excluding hydrogens is 164 g/mol. The third-order valence-corrected chi connectivity index (χ3v) is 2.18. The standard InChI is InChI=1S/C11H24O2/c1-4-6-8-11(9-7-5-2)13-10-12-3/h11H,4-10H2,1-3H3. The van der Waals surface area contributed by atoms with E-state index in [2.05, 4.69) is 13.8 Å². The largest absolute Gasteiger partial charge is 0.359 e. The second-order valence-electron chi connectivity index (χ2n) is 3.48. The molecule has 0 bridgehead atoms. The SMILES string of the molecule is CCCCC(CCCC)OCOC. The molecule has 0 aliphatic carbocycles. The summed E-state index contributed by atoms with van der Waals surface area (Å²) in [7, 11) is 1.68. The smallest absolute Gasteiger partial charge is 0.146 e. The Morgan fingerprint density at radius 3 is 1.92 bits per heavy atom. The lowest BCUT2D eigenvalue weighted by Crippen LogP contribution is -2.14. The summed E-state index contributed by atoms with van der Waals surface area (Å²) in [5.41, 5.74) is 0. The second-order valence-corrected chi connectivity index (χ2v) is 3.48. The van der Waals surface area contributed by atoms with Crippen molar-refractivity contribution in [3.05, 3.63) is 0 Å². The molecule has 0 N–H and O–H groups in total. The predicted octanol–water partition coefficient (Wildman–Crippen LogP) is 3.36. The first-order valence-electron chi connectivity index (χ1n) is 5.45. The molecule has 0 saturated heterocycles. The number of rotatable bonds is 9. The van der Waals surface area contributed by atoms with Crippen molar-refractivity contribution in [2.45, 2.75) is 58.5 Å². The van der Waals surface area contributed by atoms with Crippen LogP contribution in [0.5, 0.6) is 0 Å². The topological polar surface area (TPSA) is 18.5 Å². The first-order valence-corrected chi connectivity index (χ1v) is 5.45. The molecule has 0 aromatic rings. The summed E-state index contributed by atoms with van der Waals surface area (Å²) in [4.78, 5) is 0. The van der Waals surface area contributed by atoms with E-state index in [-0.39, 0.29) is 0 Å². The predicted molar refractivity (Wildman–Crippen MR) is 55.8 cm³/mol. The molecule has 0 unspecified atom stereocenters. The van der Waals surface area contributed by atoms with E-state index in [4.69, 9.17) is 9.47 Å². The zero-order chi connectivity index (χ0) is 9.94. The van der Waals surface area contributed by atoms with Gasteiger partial charge in [-0.3, -0.25) is 0 Å². The number of hydrogen-bond donors (Lipinski definition) is 0. The van der Waals surface area contributed by atoms with Crippen molar-refractivity contribution in [3.8, 4) is 0 Å². The van der Waals surface area contributed by atoms with Crippen molar-refractivity contribution in [2.24, 2.45) is 0 Å². The van der Waals surface area contributed by atoms with Gasteiger partial charge >= 0.3 is 0 Å². The van der Waals surface area contributed by atoms with Crippen LogP contribution in [0.4, 0.5) is 0 Å². The summed E-state index contributed by atoms with van der Waals surface area (Å²) in [5.74, 6) is 0. The fourth-order valence-corrected chi connectivity index (χ4v) is 1.34. The fraction of sp³-hybridized carbons (Fsp3) is 1.00. The van der Waals surface area contributed by atoms with Crippen molar-refractivity contribution < 1.29 is 9.47 Å². The molecule has 2 heteroatoms. The first kappa shape index (κ1) is 12.9. The van der Waals surface area contributed by atoms with Gasteiger partial charge in [-0.2, -0.15) is 0 Å². The van der Waals surface area contributed by atoms with Gasteiger partial charge in [0.05, 0.1) is 6.10 Å². The minimum Gasteiger partial charge on any atom is -0.359 e. The van der Waals surface area contributed by atoms with Gasteiger partial charge in [0.15, 0.2) is 0 Å². The Morgan fingerprint density at radius 2 is 1.54 bits per heavy atom. The van der Waals surface area contributed by atoms with Gasteiger partial charge in [-0.1, -0.05) is 39.5 Å². The van der Waals surface area contributed by atoms with Crippen LogP contribution >= 0.6 is 0 Å². The molecule has 0 aliphatic heterocycles. The van der Waals surface area contributed by atoms with E-state index in [1.165, 1.54) is 38.5 Å². The van der Waals surface area contributed by atoms with Gasteiger partial charge in [-0.15, -0.1) is 0 Å². The molecule has 0 aromatic heterocycles. The Balaban J connectivity index is 3.47. The van der Waals surface area contributed by atoms with Crippen molar-refractivity contribution in [1.29, 1.82) is 0 Å². The summed E-state index contributed by atoms with van der Waals surface area (Å²) < 4.78 is 10.5. The van der Waals surface area contributed by atoms with Crippen LogP contribution in [0.15, 0.2) is 0 Å². The highest BCUT2D eigenvalue weighted by Gasteiger charge is 2.07. The quantitative estimate of drug-likeness (QED) is 0.517. The lowest BCUT2D eigenvalue weighted by Gasteiger charge is -2.16. The average molecular weight is 188 g/mol. The van der Waals surface area contributed by atoms with E-state index < -0.39 is 0 Å². The maximum absolute atomic E-state index is 5.57. The Hall–Kier alpha value is -0.0800. The molecule has 0 aliphatic rings. The van der Waals surface area contributed by atoms with E-state index >= 15 is 0 Å². The van der Waals surface area contributed by atoms with Crippen LogP contribution in [-0.4, -0.2) is 20.0 Å². The van der Waals surface area contributed by atoms with Crippen molar-refractivity contribution in [1.82, 2.24) is 0 Å². The molecule has 13 heavy (non-hydrogen) atoms. The Kier molecular flexibility index (Phi) is 9.94. The Labute approximate surface area is 82.6 Å². The highest BCUT2D eigenvalue weighted by molar-refractivity contribution is 4.57. The van der Waals surface area contributed by atoms with Crippen molar-refractivity contribution in [3.63, 3.8) is 0 Å². The maximum Gasteiger partial charge on any atom is 0.146 e. The summed E-state index contributed by atoms with van der Waals surface area (Å²) in [5, 5.41) is 0.